The molecule has 9 rings (SSSR count). The van der Waals surface area contributed by atoms with Crippen LogP contribution in [0.2, 0.25) is 0 Å². The lowest BCUT2D eigenvalue weighted by molar-refractivity contribution is -0.236. The van der Waals surface area contributed by atoms with E-state index in [0.29, 0.717) is 50.2 Å². The molecule has 3 aromatic heterocycles. The van der Waals surface area contributed by atoms with Gasteiger partial charge in [-0.15, -0.1) is 5.10 Å². The summed E-state index contributed by atoms with van der Waals surface area (Å²) < 4.78 is 119. The molecule has 5 N–H and O–H groups in total. The number of nitrogen functional groups attached to an aromatic ring is 1. The van der Waals surface area contributed by atoms with Gasteiger partial charge in [-0.2, -0.15) is 36.0 Å². The van der Waals surface area contributed by atoms with Crippen molar-refractivity contribution in [1.82, 2.24) is 19.7 Å². The number of carbonyl (C=O) groups is 2. The molecule has 1 aromatic carbocycles. The van der Waals surface area contributed by atoms with Crippen LogP contribution in [-0.2, 0) is 31.3 Å². The number of hydrogen-bond donors (Lipinski definition) is 4. The van der Waals surface area contributed by atoms with Crippen molar-refractivity contribution in [3.63, 3.8) is 0 Å². The van der Waals surface area contributed by atoms with Crippen LogP contribution in [0, 0.1) is 46.7 Å². The van der Waals surface area contributed by atoms with Crippen molar-refractivity contribution >= 4 is 28.7 Å². The van der Waals surface area contributed by atoms with Crippen LogP contribution >= 0.6 is 0 Å². The van der Waals surface area contributed by atoms with Gasteiger partial charge in [0.05, 0.1) is 34.3 Å². The maximum absolute atomic E-state index is 14.1. The molecule has 1 aliphatic heterocycles. The molecule has 4 saturated carbocycles. The van der Waals surface area contributed by atoms with Crippen molar-refractivity contribution in [2.24, 2.45) is 34.0 Å². The van der Waals surface area contributed by atoms with Crippen molar-refractivity contribution in [2.45, 2.75) is 114 Å². The molecule has 4 aliphatic carbocycles. The van der Waals surface area contributed by atoms with E-state index in [9.17, 15) is 64.6 Å². The molecule has 67 heavy (non-hydrogen) atoms. The lowest BCUT2D eigenvalue weighted by atomic mass is 9.43. The minimum atomic E-state index is -4.96. The molecule has 23 heteroatoms. The molecule has 0 radical (unpaired) electrons. The number of carbonyl (C=O) groups excluding carboxylic acids is 1. The highest BCUT2D eigenvalue weighted by Crippen LogP contribution is 2.68. The zero-order chi connectivity index (χ0) is 48.8. The smallest absolute Gasteiger partial charge is 0.453 e. The molecule has 0 bridgehead atoms. The summed E-state index contributed by atoms with van der Waals surface area (Å²) >= 11 is 0. The number of nitrogens with two attached hydrogens (primary N) is 1. The third kappa shape index (κ3) is 9.05. The van der Waals surface area contributed by atoms with E-state index in [4.69, 9.17) is 19.6 Å². The van der Waals surface area contributed by atoms with E-state index in [1.165, 1.54) is 6.92 Å². The first-order valence-corrected chi connectivity index (χ1v) is 22.7. The second-order valence-electron chi connectivity index (χ2n) is 18.7. The number of aliphatic hydroxyl groups excluding tert-OH is 2. The van der Waals surface area contributed by atoms with Gasteiger partial charge < -0.3 is 34.9 Å². The van der Waals surface area contributed by atoms with E-state index in [1.807, 2.05) is 13.8 Å². The number of hydrogen-bond acceptors (Lipinski definition) is 13. The van der Waals surface area contributed by atoms with Gasteiger partial charge in [-0.3, -0.25) is 18.8 Å². The highest BCUT2D eigenvalue weighted by atomic mass is 32.2. The van der Waals surface area contributed by atoms with E-state index >= 15 is 0 Å². The minimum absolute atomic E-state index is 0.0196. The van der Waals surface area contributed by atoms with Gasteiger partial charge in [0.2, 0.25) is 5.95 Å². The average Bonchev–Trinajstić information content (AvgIpc) is 4.18. The summed E-state index contributed by atoms with van der Waals surface area (Å²) in [6.45, 7) is 5.25. The summed E-state index contributed by atoms with van der Waals surface area (Å²) in [5.41, 5.74) is 2.08. The Morgan fingerprint density at radius 3 is 2.34 bits per heavy atom. The van der Waals surface area contributed by atoms with E-state index in [2.05, 4.69) is 15.1 Å². The van der Waals surface area contributed by atoms with E-state index in [1.54, 1.807) is 30.6 Å². The topological polar surface area (TPSA) is 230 Å². The zero-order valence-corrected chi connectivity index (χ0v) is 36.9. The highest BCUT2D eigenvalue weighted by molar-refractivity contribution is 7.85. The molecule has 9 atom stereocenters. The van der Waals surface area contributed by atoms with Crippen LogP contribution in [0.4, 0.5) is 36.7 Å². The maximum atomic E-state index is 14.1. The number of benzene rings is 1. The lowest BCUT2D eigenvalue weighted by Gasteiger charge is -2.64. The standard InChI is InChI=1S/C32H37NO9.C12H9F7N4OS/c1-30-8-7-22(42-27(36)16-5-6-16)31(2,15-32(9-10-32)29(38)39)21(30)12-18(34)26-24(30)25(35)23-20(40-26)13-19(41-28(23)37)17-4-3-11-33-14-17;1-5-2-6(13)7(3-8(5)25(24)4-11(14,15)16)23-10(20)21-9(22-23)12(17,18)19/h3-4,11,13-14,16,18,21-22,24-26,34-35H,5-10,12,15H2,1-2H3,(H,38,39);2-3H,4H2,1H3,(H2,20,21,22)/t18?,21-,22+,24+,25+,26?,30+,31?;/m1./s1. The second kappa shape index (κ2) is 17.0. The molecular formula is C44H46F7N5O10S. The molecule has 5 aliphatic rings. The molecule has 4 aromatic rings. The molecule has 362 valence electrons. The Labute approximate surface area is 379 Å². The normalized spacial score (nSPS) is 28.9. The molecule has 0 amide bonds. The van der Waals surface area contributed by atoms with Gasteiger partial charge in [-0.05, 0) is 99.5 Å². The number of alkyl halides is 6. The largest absolute Gasteiger partial charge is 0.486 e. The monoisotopic (exact) mass is 969 g/mol. The van der Waals surface area contributed by atoms with E-state index in [-0.39, 0.29) is 45.1 Å². The van der Waals surface area contributed by atoms with Crippen molar-refractivity contribution in [3.05, 3.63) is 75.9 Å². The maximum Gasteiger partial charge on any atom is 0.453 e. The minimum Gasteiger partial charge on any atom is -0.486 e. The van der Waals surface area contributed by atoms with E-state index < -0.39 is 115 Å². The van der Waals surface area contributed by atoms with Gasteiger partial charge >= 0.3 is 29.9 Å². The number of ether oxygens (including phenoxy) is 2. The molecule has 4 heterocycles. The third-order valence-electron chi connectivity index (χ3n) is 14.1. The summed E-state index contributed by atoms with van der Waals surface area (Å²) in [5, 5.41) is 36.6. The van der Waals surface area contributed by atoms with Gasteiger partial charge in [-0.1, -0.05) is 13.8 Å². The number of carboxylic acids is 1. The van der Waals surface area contributed by atoms with Crippen molar-refractivity contribution in [2.75, 3.05) is 11.5 Å². The summed E-state index contributed by atoms with van der Waals surface area (Å²) in [4.78, 5) is 45.2. The number of anilines is 1. The fraction of sp³-hybridized carbons (Fsp3) is 0.545. The second-order valence-corrected chi connectivity index (χ2v) is 20.1. The van der Waals surface area contributed by atoms with Crippen molar-refractivity contribution in [3.8, 4) is 22.8 Å². The summed E-state index contributed by atoms with van der Waals surface area (Å²) in [7, 11) is -2.59. The molecule has 15 nitrogen and oxygen atoms in total. The van der Waals surface area contributed by atoms with Crippen LogP contribution < -0.4 is 16.1 Å². The SMILES string of the molecule is CC1(CC2(C(=O)O)CC2)[C@@H](OC(=O)C2CC2)CC[C@]2(C)[C@@H]3C(Oc4cc(-c5cccnc5)oc(=O)c4[C@@H]3O)C(O)C[C@@H]12.Cc1cc(F)c(-n2nc(C(F)(F)F)nc2N)cc1S(=O)CC(F)(F)F. The number of nitrogens with zero attached hydrogens (tertiary/aromatic N) is 4. The number of aromatic nitrogens is 4. The van der Waals surface area contributed by atoms with Gasteiger partial charge in [-0.25, -0.2) is 9.18 Å². The summed E-state index contributed by atoms with van der Waals surface area (Å²) in [6, 6.07) is 6.47. The number of aliphatic hydroxyl groups is 2. The predicted molar refractivity (Wildman–Crippen MR) is 220 cm³/mol. The predicted octanol–water partition coefficient (Wildman–Crippen LogP) is 6.86. The number of pyridine rings is 1. The Balaban J connectivity index is 0.000000209. The molecule has 0 spiro atoms. The van der Waals surface area contributed by atoms with Crippen LogP contribution in [0.3, 0.4) is 0 Å². The Kier molecular flexibility index (Phi) is 12.2. The molecule has 4 unspecified atom stereocenters. The number of esters is 1. The Morgan fingerprint density at radius 1 is 1.06 bits per heavy atom. The fourth-order valence-electron chi connectivity index (χ4n) is 10.6. The highest BCUT2D eigenvalue weighted by Gasteiger charge is 2.68. The van der Waals surface area contributed by atoms with Crippen LogP contribution in [0.15, 0.2) is 56.8 Å². The Morgan fingerprint density at radius 2 is 1.76 bits per heavy atom. The summed E-state index contributed by atoms with van der Waals surface area (Å²) in [5.74, 6) is -7.01. The first kappa shape index (κ1) is 48.1. The van der Waals surface area contributed by atoms with Crippen LogP contribution in [0.5, 0.6) is 5.75 Å². The molecule has 0 saturated heterocycles. The Hall–Kier alpha value is -5.42. The van der Waals surface area contributed by atoms with Gasteiger partial charge in [0.15, 0.2) is 0 Å². The van der Waals surface area contributed by atoms with Crippen molar-refractivity contribution in [1.29, 1.82) is 0 Å². The van der Waals surface area contributed by atoms with Gasteiger partial charge in [0.25, 0.3) is 5.82 Å². The quantitative estimate of drug-likeness (QED) is 0.0992. The molecular weight excluding hydrogens is 924 g/mol. The van der Waals surface area contributed by atoms with Crippen LogP contribution in [0.25, 0.3) is 17.0 Å². The third-order valence-corrected chi connectivity index (χ3v) is 15.7. The fourth-order valence-corrected chi connectivity index (χ4v) is 11.7. The average molecular weight is 970 g/mol. The number of aliphatic carboxylic acids is 1. The summed E-state index contributed by atoms with van der Waals surface area (Å²) in [6.07, 6.45) is -5.74. The van der Waals surface area contributed by atoms with Crippen molar-refractivity contribution < 1.29 is 73.7 Å². The van der Waals surface area contributed by atoms with Crippen LogP contribution in [-0.4, -0.2) is 81.5 Å². The van der Waals surface area contributed by atoms with Crippen LogP contribution in [0.1, 0.15) is 88.3 Å². The first-order chi connectivity index (χ1) is 31.3. The number of aryl methyl sites for hydroxylation is 1. The number of rotatable bonds is 9. The molecule has 4 fully saturated rings. The Bertz CT molecular complexity index is 2670. The zero-order valence-electron chi connectivity index (χ0n) is 36.1. The van der Waals surface area contributed by atoms with E-state index in [0.717, 1.165) is 18.9 Å². The first-order valence-electron chi connectivity index (χ1n) is 21.4. The number of fused-ring (bicyclic) bond motifs is 4. The van der Waals surface area contributed by atoms with Gasteiger partial charge in [0.1, 0.15) is 46.5 Å². The lowest BCUT2D eigenvalue weighted by Crippen LogP contribution is -2.66. The van der Waals surface area contributed by atoms with Gasteiger partial charge in [0, 0.05) is 40.3 Å². The number of carboxylic acid groups (broad SMARTS) is 1. The number of halogens is 7.